The van der Waals surface area contributed by atoms with Crippen LogP contribution in [-0.4, -0.2) is 26.2 Å². The lowest BCUT2D eigenvalue weighted by atomic mass is 10.4. The monoisotopic (exact) mass is 220 g/mol. The van der Waals surface area contributed by atoms with Gasteiger partial charge >= 0.3 is 0 Å². The highest BCUT2D eigenvalue weighted by Gasteiger charge is 1.82. The third-order valence-electron chi connectivity index (χ3n) is 1.88. The fraction of sp³-hybridized carbons (Fsp3) is 0.429. The van der Waals surface area contributed by atoms with E-state index in [0.29, 0.717) is 0 Å². The van der Waals surface area contributed by atoms with Gasteiger partial charge in [0, 0.05) is 26.2 Å². The van der Waals surface area contributed by atoms with Crippen molar-refractivity contribution in [3.05, 3.63) is 48.6 Å². The summed E-state index contributed by atoms with van der Waals surface area (Å²) >= 11 is 0. The van der Waals surface area contributed by atoms with E-state index < -0.39 is 0 Å². The van der Waals surface area contributed by atoms with Crippen molar-refractivity contribution in [2.24, 2.45) is 0 Å². The molecule has 0 saturated carbocycles. The van der Waals surface area contributed by atoms with E-state index in [2.05, 4.69) is 34.9 Å². The maximum Gasteiger partial charge on any atom is 0.0138 e. The molecule has 0 aliphatic rings. The molecule has 2 N–H and O–H groups in total. The first-order valence-corrected chi connectivity index (χ1v) is 5.89. The van der Waals surface area contributed by atoms with Gasteiger partial charge in [0.2, 0.25) is 0 Å². The molecule has 0 aliphatic carbocycles. The van der Waals surface area contributed by atoms with E-state index in [4.69, 9.17) is 0 Å². The topological polar surface area (TPSA) is 24.1 Å². The lowest BCUT2D eigenvalue weighted by molar-refractivity contribution is 0.668. The second-order valence-electron chi connectivity index (χ2n) is 3.32. The summed E-state index contributed by atoms with van der Waals surface area (Å²) in [6.07, 6.45) is 16.5. The number of rotatable bonds is 9. The highest BCUT2D eigenvalue weighted by Crippen LogP contribution is 1.75. The van der Waals surface area contributed by atoms with Crippen molar-refractivity contribution in [2.75, 3.05) is 26.2 Å². The molecule has 0 saturated heterocycles. The van der Waals surface area contributed by atoms with Crippen molar-refractivity contribution < 1.29 is 0 Å². The molecule has 0 aromatic heterocycles. The Morgan fingerprint density at radius 3 is 1.50 bits per heavy atom. The van der Waals surface area contributed by atoms with Gasteiger partial charge in [0.1, 0.15) is 0 Å². The molecule has 0 bridgehead atoms. The molecular weight excluding hydrogens is 196 g/mol. The van der Waals surface area contributed by atoms with E-state index in [1.54, 1.807) is 0 Å². The minimum atomic E-state index is 0.931. The fourth-order valence-electron chi connectivity index (χ4n) is 1.06. The first kappa shape index (κ1) is 14.9. The number of nitrogens with one attached hydrogen (secondary N) is 2. The molecule has 2 nitrogen and oxygen atoms in total. The van der Waals surface area contributed by atoms with Gasteiger partial charge < -0.3 is 10.6 Å². The van der Waals surface area contributed by atoms with Crippen LogP contribution < -0.4 is 10.6 Å². The lowest BCUT2D eigenvalue weighted by Gasteiger charge is -2.01. The van der Waals surface area contributed by atoms with Crippen LogP contribution in [0.4, 0.5) is 0 Å². The molecule has 0 aromatic rings. The third kappa shape index (κ3) is 12.9. The molecule has 0 aliphatic heterocycles. The molecule has 0 rings (SSSR count). The number of allylic oxidation sites excluding steroid dienone is 6. The zero-order chi connectivity index (χ0) is 11.9. The van der Waals surface area contributed by atoms with Gasteiger partial charge in [-0.05, 0) is 13.8 Å². The Hall–Kier alpha value is -1.12. The molecular formula is C14H24N2. The van der Waals surface area contributed by atoms with Crippen molar-refractivity contribution in [2.45, 2.75) is 13.8 Å². The van der Waals surface area contributed by atoms with Crippen molar-refractivity contribution in [1.82, 2.24) is 10.6 Å². The van der Waals surface area contributed by atoms with Crippen LogP contribution in [0.25, 0.3) is 0 Å². The van der Waals surface area contributed by atoms with Gasteiger partial charge in [-0.2, -0.15) is 0 Å². The molecule has 90 valence electrons. The fourth-order valence-corrected chi connectivity index (χ4v) is 1.06. The molecule has 0 aromatic carbocycles. The Balaban J connectivity index is 3.15. The first-order valence-electron chi connectivity index (χ1n) is 5.89. The number of hydrogen-bond donors (Lipinski definition) is 2. The summed E-state index contributed by atoms with van der Waals surface area (Å²) in [6, 6.07) is 0. The van der Waals surface area contributed by atoms with E-state index >= 15 is 0 Å². The summed E-state index contributed by atoms with van der Waals surface area (Å²) in [4.78, 5) is 0. The molecule has 0 atom stereocenters. The van der Waals surface area contributed by atoms with Gasteiger partial charge in [-0.15, -0.1) is 0 Å². The van der Waals surface area contributed by atoms with Crippen LogP contribution in [0.3, 0.4) is 0 Å². The quantitative estimate of drug-likeness (QED) is 0.460. The van der Waals surface area contributed by atoms with Gasteiger partial charge in [-0.25, -0.2) is 0 Å². The molecule has 0 spiro atoms. The minimum Gasteiger partial charge on any atom is -0.312 e. The second-order valence-corrected chi connectivity index (χ2v) is 3.32. The third-order valence-corrected chi connectivity index (χ3v) is 1.88. The van der Waals surface area contributed by atoms with Crippen LogP contribution in [0.2, 0.25) is 0 Å². The van der Waals surface area contributed by atoms with E-state index in [9.17, 15) is 0 Å². The minimum absolute atomic E-state index is 0.931. The van der Waals surface area contributed by atoms with Crippen LogP contribution in [0.5, 0.6) is 0 Å². The summed E-state index contributed by atoms with van der Waals surface area (Å²) < 4.78 is 0. The highest BCUT2D eigenvalue weighted by molar-refractivity contribution is 5.02. The van der Waals surface area contributed by atoms with Crippen LogP contribution >= 0.6 is 0 Å². The van der Waals surface area contributed by atoms with Crippen LogP contribution in [0.15, 0.2) is 48.6 Å². The standard InChI is InChI=1S/C14H24N2/c1-3-5-7-9-11-15-13-14-16-12-10-8-6-4-2/h3-10,15-16H,11-14H2,1-2H3/b5-3+,6-4+,9-7+,10-8+. The maximum atomic E-state index is 3.33. The van der Waals surface area contributed by atoms with Gasteiger partial charge in [0.25, 0.3) is 0 Å². The van der Waals surface area contributed by atoms with Crippen molar-refractivity contribution in [3.63, 3.8) is 0 Å². The second kappa shape index (κ2) is 13.9. The molecule has 2 heteroatoms. The molecule has 0 radical (unpaired) electrons. The van der Waals surface area contributed by atoms with Crippen molar-refractivity contribution in [1.29, 1.82) is 0 Å². The summed E-state index contributed by atoms with van der Waals surface area (Å²) in [6.45, 7) is 7.89. The van der Waals surface area contributed by atoms with E-state index in [1.807, 2.05) is 38.2 Å². The van der Waals surface area contributed by atoms with Gasteiger partial charge in [-0.1, -0.05) is 48.6 Å². The zero-order valence-electron chi connectivity index (χ0n) is 10.4. The Morgan fingerprint density at radius 2 is 1.12 bits per heavy atom. The molecule has 0 fully saturated rings. The summed E-state index contributed by atoms with van der Waals surface area (Å²) in [5.74, 6) is 0. The largest absolute Gasteiger partial charge is 0.312 e. The Morgan fingerprint density at radius 1 is 0.688 bits per heavy atom. The van der Waals surface area contributed by atoms with Crippen molar-refractivity contribution in [3.8, 4) is 0 Å². The van der Waals surface area contributed by atoms with Crippen LogP contribution in [0, 0.1) is 0 Å². The normalized spacial score (nSPS) is 12.9. The predicted molar refractivity (Wildman–Crippen MR) is 73.6 cm³/mol. The Labute approximate surface area is 99.8 Å². The molecule has 0 amide bonds. The van der Waals surface area contributed by atoms with Crippen molar-refractivity contribution >= 4 is 0 Å². The van der Waals surface area contributed by atoms with Crippen LogP contribution in [0.1, 0.15) is 13.8 Å². The summed E-state index contributed by atoms with van der Waals surface area (Å²) in [7, 11) is 0. The predicted octanol–water partition coefficient (Wildman–Crippen LogP) is 2.43. The first-order chi connectivity index (χ1) is 7.91. The molecule has 0 heterocycles. The highest BCUT2D eigenvalue weighted by atomic mass is 14.9. The Bertz CT molecular complexity index is 211. The average molecular weight is 220 g/mol. The summed E-state index contributed by atoms with van der Waals surface area (Å²) in [5, 5.41) is 6.65. The van der Waals surface area contributed by atoms with Gasteiger partial charge in [-0.3, -0.25) is 0 Å². The van der Waals surface area contributed by atoms with E-state index in [0.717, 1.165) is 26.2 Å². The number of hydrogen-bond acceptors (Lipinski definition) is 2. The van der Waals surface area contributed by atoms with E-state index in [-0.39, 0.29) is 0 Å². The maximum absolute atomic E-state index is 3.33. The molecule has 0 unspecified atom stereocenters. The SMILES string of the molecule is C/C=C/C=C/CNCCNC/C=C/C=C/C. The van der Waals surface area contributed by atoms with Crippen LogP contribution in [-0.2, 0) is 0 Å². The summed E-state index contributed by atoms with van der Waals surface area (Å²) in [5.41, 5.74) is 0. The average Bonchev–Trinajstić information content (AvgIpc) is 2.31. The Kier molecular flexibility index (Phi) is 12.9. The van der Waals surface area contributed by atoms with E-state index in [1.165, 1.54) is 0 Å². The van der Waals surface area contributed by atoms with Gasteiger partial charge in [0.05, 0.1) is 0 Å². The molecule has 16 heavy (non-hydrogen) atoms. The lowest BCUT2D eigenvalue weighted by Crippen LogP contribution is -2.27. The smallest absolute Gasteiger partial charge is 0.0138 e. The van der Waals surface area contributed by atoms with Gasteiger partial charge in [0.15, 0.2) is 0 Å². The zero-order valence-corrected chi connectivity index (χ0v) is 10.4.